The number of fused-ring (bicyclic) bond motifs is 4. The molecule has 0 bridgehead atoms. The number of urea groups is 1. The van der Waals surface area contributed by atoms with E-state index >= 15 is 0 Å². The van der Waals surface area contributed by atoms with Crippen molar-refractivity contribution in [3.8, 4) is 28.6 Å². The van der Waals surface area contributed by atoms with Crippen LogP contribution >= 0.6 is 0 Å². The number of hydrogen-bond donors (Lipinski definition) is 5. The molecule has 2 aliphatic heterocycles. The summed E-state index contributed by atoms with van der Waals surface area (Å²) in [6.07, 6.45) is 2.06. The zero-order chi connectivity index (χ0) is 45.0. The van der Waals surface area contributed by atoms with Crippen LogP contribution in [0.15, 0.2) is 65.5 Å². The Balaban J connectivity index is 0.00000316. The highest BCUT2D eigenvalue weighted by atomic mass is 16.7. The maximum absolute atomic E-state index is 13.4. The van der Waals surface area contributed by atoms with Crippen molar-refractivity contribution in [1.29, 1.82) is 5.41 Å². The first-order chi connectivity index (χ1) is 29.6. The van der Waals surface area contributed by atoms with Crippen LogP contribution in [-0.2, 0) is 30.7 Å². The Morgan fingerprint density at radius 3 is 2.31 bits per heavy atom. The molecule has 1 fully saturated rings. The smallest absolute Gasteiger partial charge is 0.506 e. The molecule has 0 unspecified atom stereocenters. The lowest BCUT2D eigenvalue weighted by atomic mass is 9.90. The minimum Gasteiger partial charge on any atom is -0.508 e. The Labute approximate surface area is 359 Å². The summed E-state index contributed by atoms with van der Waals surface area (Å²) < 4.78 is 12.2. The molecule has 0 saturated carbocycles. The lowest BCUT2D eigenvalue weighted by Crippen LogP contribution is -2.41. The van der Waals surface area contributed by atoms with Gasteiger partial charge < -0.3 is 40.0 Å². The van der Waals surface area contributed by atoms with Gasteiger partial charge in [-0.3, -0.25) is 10.2 Å². The molecule has 3 aromatic carbocycles. The van der Waals surface area contributed by atoms with E-state index in [2.05, 4.69) is 0 Å². The van der Waals surface area contributed by atoms with Gasteiger partial charge in [0.05, 0.1) is 40.3 Å². The van der Waals surface area contributed by atoms with Gasteiger partial charge in [-0.15, -0.1) is 0 Å². The number of phenolic OH excluding ortho intramolecular Hbond substituents is 2. The van der Waals surface area contributed by atoms with E-state index in [4.69, 9.17) is 30.7 Å². The molecular weight excluding hydrogens is 793 g/mol. The van der Waals surface area contributed by atoms with Gasteiger partial charge in [-0.1, -0.05) is 46.8 Å². The van der Waals surface area contributed by atoms with Crippen molar-refractivity contribution in [3.05, 3.63) is 110 Å². The fourth-order valence-electron chi connectivity index (χ4n) is 8.31. The number of aromatic hydroxyl groups is 2. The fraction of sp³-hybridized carbons (Fsp3) is 0.362. The topological polar surface area (TPSA) is 222 Å². The number of carboxylic acid groups (broad SMARTS) is 1. The summed E-state index contributed by atoms with van der Waals surface area (Å²) in [7, 11) is 0. The van der Waals surface area contributed by atoms with Crippen LogP contribution in [0.2, 0.25) is 0 Å². The number of rotatable bonds is 10. The van der Waals surface area contributed by atoms with Crippen LogP contribution in [0.3, 0.4) is 0 Å². The summed E-state index contributed by atoms with van der Waals surface area (Å²) in [6.45, 7) is 12.6. The summed E-state index contributed by atoms with van der Waals surface area (Å²) >= 11 is 0. The minimum atomic E-state index is -1.45. The number of carbonyl (C=O) groups is 3. The number of nitrogens with zero attached hydrogens (tertiary/aromatic N) is 4. The molecule has 7 rings (SSSR count). The van der Waals surface area contributed by atoms with Crippen LogP contribution in [0.1, 0.15) is 98.7 Å². The highest BCUT2D eigenvalue weighted by Crippen LogP contribution is 2.38. The maximum atomic E-state index is 13.4. The molecule has 2 aliphatic rings. The van der Waals surface area contributed by atoms with Gasteiger partial charge in [0.25, 0.3) is 5.56 Å². The van der Waals surface area contributed by atoms with Crippen molar-refractivity contribution in [2.45, 2.75) is 92.7 Å². The number of likely N-dealkylation sites (tertiary alicyclic amines) is 1. The number of nitrogens with one attached hydrogen (secondary N) is 1. The van der Waals surface area contributed by atoms with E-state index in [1.807, 2.05) is 65.0 Å². The Bertz CT molecular complexity index is 2590. The minimum absolute atomic E-state index is 0.0731. The highest BCUT2D eigenvalue weighted by Gasteiger charge is 2.29. The number of primary amides is 1. The van der Waals surface area contributed by atoms with E-state index in [1.165, 1.54) is 12.1 Å². The van der Waals surface area contributed by atoms with Crippen molar-refractivity contribution in [2.24, 2.45) is 11.7 Å². The first-order valence-electron chi connectivity index (χ1n) is 21.0. The highest BCUT2D eigenvalue weighted by molar-refractivity contribution is 6.22. The van der Waals surface area contributed by atoms with E-state index in [0.29, 0.717) is 64.9 Å². The number of piperidine rings is 1. The molecule has 0 spiro atoms. The maximum Gasteiger partial charge on any atom is 0.506 e. The number of amides is 3. The predicted octanol–water partition coefficient (Wildman–Crippen LogP) is 8.81. The molecule has 4 heterocycles. The molecule has 2 aromatic heterocycles. The lowest BCUT2D eigenvalue weighted by molar-refractivity contribution is 0.0847. The first-order valence-corrected chi connectivity index (χ1v) is 21.0. The third-order valence-corrected chi connectivity index (χ3v) is 11.6. The van der Waals surface area contributed by atoms with Crippen LogP contribution in [-0.4, -0.2) is 67.0 Å². The summed E-state index contributed by atoms with van der Waals surface area (Å²) in [5.74, 6) is -0.0370. The number of hydrogen-bond acceptors (Lipinski definition) is 10. The molecule has 5 aromatic rings. The molecule has 15 nitrogen and oxygen atoms in total. The van der Waals surface area contributed by atoms with Crippen LogP contribution in [0.5, 0.6) is 17.2 Å². The number of nitrogens with two attached hydrogens (primary N) is 1. The molecule has 0 radical (unpaired) electrons. The largest absolute Gasteiger partial charge is 0.508 e. The van der Waals surface area contributed by atoms with Gasteiger partial charge in [0.15, 0.2) is 0 Å². The van der Waals surface area contributed by atoms with E-state index in [0.717, 1.165) is 52.7 Å². The van der Waals surface area contributed by atoms with Gasteiger partial charge in [-0.2, -0.15) is 0 Å². The third-order valence-electron chi connectivity index (χ3n) is 11.6. The summed E-state index contributed by atoms with van der Waals surface area (Å²) in [6, 6.07) is 16.2. The Hall–Kier alpha value is -6.90. The third kappa shape index (κ3) is 9.06. The summed E-state index contributed by atoms with van der Waals surface area (Å²) in [4.78, 5) is 57.9. The summed E-state index contributed by atoms with van der Waals surface area (Å²) in [5, 5.41) is 39.3. The monoisotopic (exact) mass is 846 g/mol. The van der Waals surface area contributed by atoms with Gasteiger partial charge in [-0.25, -0.2) is 24.3 Å². The number of aromatic nitrogens is 2. The van der Waals surface area contributed by atoms with Gasteiger partial charge >= 0.3 is 18.3 Å². The van der Waals surface area contributed by atoms with Gasteiger partial charge in [0, 0.05) is 30.1 Å². The first kappa shape index (κ1) is 44.6. The molecular formula is C47H54N6O9. The van der Waals surface area contributed by atoms with Crippen molar-refractivity contribution in [1.82, 2.24) is 14.5 Å². The molecule has 15 heteroatoms. The van der Waals surface area contributed by atoms with Gasteiger partial charge in [0.2, 0.25) is 0 Å². The number of anilines is 1. The Morgan fingerprint density at radius 1 is 0.984 bits per heavy atom. The number of ether oxygens (including phenoxy) is 2. The number of amidine groups is 1. The van der Waals surface area contributed by atoms with E-state index in [1.54, 1.807) is 34.6 Å². The van der Waals surface area contributed by atoms with Crippen molar-refractivity contribution in [3.63, 3.8) is 0 Å². The SMILES string of the molecule is CC.CCc1c2c(nc3ccc(OC(=O)N4CCC(CCc5ccc(N(C(=N)c6cc(C(C)C)c(O)cc6O)C(N)=O)cc5)CC4)cc13)-c1cc(C)c(COC(=O)O)c(=O)n1C2. The van der Waals surface area contributed by atoms with Crippen molar-refractivity contribution >= 4 is 40.7 Å². The number of carbonyl (C=O) groups excluding carboxylic acids is 2. The van der Waals surface area contributed by atoms with Crippen LogP contribution in [0, 0.1) is 18.3 Å². The van der Waals surface area contributed by atoms with Gasteiger partial charge in [-0.05, 0) is 116 Å². The lowest BCUT2D eigenvalue weighted by Gasteiger charge is -2.31. The predicted molar refractivity (Wildman–Crippen MR) is 237 cm³/mol. The fourth-order valence-corrected chi connectivity index (χ4v) is 8.31. The molecule has 326 valence electrons. The molecule has 1 saturated heterocycles. The van der Waals surface area contributed by atoms with Crippen LogP contribution < -0.4 is 20.9 Å². The van der Waals surface area contributed by atoms with Crippen molar-refractivity contribution < 1.29 is 39.2 Å². The molecule has 0 atom stereocenters. The van der Waals surface area contributed by atoms with Crippen molar-refractivity contribution in [2.75, 3.05) is 18.0 Å². The zero-order valence-electron chi connectivity index (χ0n) is 35.9. The molecule has 62 heavy (non-hydrogen) atoms. The normalized spacial score (nSPS) is 13.2. The second-order valence-electron chi connectivity index (χ2n) is 15.7. The zero-order valence-corrected chi connectivity index (χ0v) is 35.9. The van der Waals surface area contributed by atoms with Gasteiger partial charge in [0.1, 0.15) is 29.7 Å². The molecule has 3 amide bonds. The van der Waals surface area contributed by atoms with E-state index in [-0.39, 0.29) is 53.1 Å². The van der Waals surface area contributed by atoms with E-state index in [9.17, 15) is 29.4 Å². The number of aryl methyl sites for hydroxylation is 3. The average molecular weight is 847 g/mol. The number of pyridine rings is 2. The van der Waals surface area contributed by atoms with E-state index < -0.39 is 18.3 Å². The Kier molecular flexibility index (Phi) is 13.5. The number of benzene rings is 3. The second-order valence-corrected chi connectivity index (χ2v) is 15.7. The van der Waals surface area contributed by atoms with Crippen LogP contribution in [0.25, 0.3) is 22.3 Å². The average Bonchev–Trinajstić information content (AvgIpc) is 3.60. The number of phenols is 2. The Morgan fingerprint density at radius 2 is 1.68 bits per heavy atom. The van der Waals surface area contributed by atoms with Crippen LogP contribution in [0.4, 0.5) is 20.1 Å². The quantitative estimate of drug-likeness (QED) is 0.0501. The molecule has 0 aliphatic carbocycles. The second kappa shape index (κ2) is 18.8. The standard InChI is InChI=1S/C45H48N6O9.C2H6/c1-5-30-32-19-29(12-13-36(32)48-40-34(30)22-50-37(40)18-25(4)35(42(50)54)23-59-45(57)58)60-44(56)49-16-14-27(15-17-49)7-6-26-8-10-28(11-9-26)51(43(47)55)41(46)33-20-31(24(2)3)38(52)21-39(33)53;1-2/h8-13,18-21,24,27,46,52-53H,5-7,14-17,22-23H2,1-4H3,(H2,47,55)(H,57,58);1-2H3. The summed E-state index contributed by atoms with van der Waals surface area (Å²) in [5.41, 5.74) is 12.3. The molecule has 6 N–H and O–H groups in total.